The van der Waals surface area contributed by atoms with Crippen LogP contribution in [0.15, 0.2) is 4.73 Å². The molecule has 0 aliphatic rings. The molecule has 1 atom stereocenters. The van der Waals surface area contributed by atoms with Gasteiger partial charge in [0, 0.05) is 21.0 Å². The molecule has 1 aromatic rings. The Balaban J connectivity index is 2.82. The smallest absolute Gasteiger partial charge is 0.394 e. The lowest BCUT2D eigenvalue weighted by atomic mass is 10.4. The fourth-order valence-corrected chi connectivity index (χ4v) is 1.15. The maximum Gasteiger partial charge on any atom is 0.492 e. The first-order valence-electron chi connectivity index (χ1n) is 3.58. The molecule has 2 N–H and O–H groups in total. The highest BCUT2D eigenvalue weighted by molar-refractivity contribution is 9.10. The molecule has 14 heavy (non-hydrogen) atoms. The maximum absolute atomic E-state index is 10.3. The lowest BCUT2D eigenvalue weighted by molar-refractivity contribution is -0.394. The van der Waals surface area contributed by atoms with Gasteiger partial charge in [-0.25, -0.2) is 0 Å². The van der Waals surface area contributed by atoms with Crippen LogP contribution in [0.3, 0.4) is 0 Å². The van der Waals surface area contributed by atoms with Crippen LogP contribution in [-0.4, -0.2) is 42.6 Å². The number of nitrogens with zero attached hydrogens (tertiary/aromatic N) is 4. The van der Waals surface area contributed by atoms with E-state index in [2.05, 4.69) is 26.0 Å². The minimum Gasteiger partial charge on any atom is -0.394 e. The predicted molar refractivity (Wildman–Crippen MR) is 47.5 cm³/mol. The topological polar surface area (TPSA) is 114 Å². The SMILES string of the molecule is O=[N+]([O-])c1nc(Br)n(CC(O)CO)n1. The average Bonchev–Trinajstić information content (AvgIpc) is 2.48. The molecule has 0 saturated carbocycles. The summed E-state index contributed by atoms with van der Waals surface area (Å²) in [6.45, 7) is -0.502. The van der Waals surface area contributed by atoms with Crippen LogP contribution in [0.25, 0.3) is 0 Å². The fraction of sp³-hybridized carbons (Fsp3) is 0.600. The van der Waals surface area contributed by atoms with Crippen molar-refractivity contribution in [2.75, 3.05) is 6.61 Å². The summed E-state index contributed by atoms with van der Waals surface area (Å²) in [4.78, 5) is 13.0. The molecule has 8 nitrogen and oxygen atoms in total. The summed E-state index contributed by atoms with van der Waals surface area (Å²) < 4.78 is 1.23. The lowest BCUT2D eigenvalue weighted by Gasteiger charge is -2.03. The van der Waals surface area contributed by atoms with Crippen LogP contribution < -0.4 is 0 Å². The third-order valence-electron chi connectivity index (χ3n) is 1.37. The van der Waals surface area contributed by atoms with E-state index in [1.54, 1.807) is 0 Å². The Morgan fingerprint density at radius 2 is 2.36 bits per heavy atom. The van der Waals surface area contributed by atoms with Gasteiger partial charge in [0.2, 0.25) is 0 Å². The molecule has 0 aliphatic heterocycles. The van der Waals surface area contributed by atoms with Crippen LogP contribution >= 0.6 is 15.9 Å². The Labute approximate surface area is 86.5 Å². The summed E-state index contributed by atoms with van der Waals surface area (Å²) >= 11 is 2.94. The molecule has 78 valence electrons. The minimum absolute atomic E-state index is 0.0576. The second-order valence-electron chi connectivity index (χ2n) is 2.46. The number of hydrogen-bond acceptors (Lipinski definition) is 6. The molecule has 0 bridgehead atoms. The first kappa shape index (κ1) is 11.0. The molecule has 0 aromatic carbocycles. The van der Waals surface area contributed by atoms with Gasteiger partial charge in [-0.3, -0.25) is 0 Å². The van der Waals surface area contributed by atoms with Gasteiger partial charge in [-0.2, -0.15) is 4.68 Å². The van der Waals surface area contributed by atoms with E-state index in [9.17, 15) is 10.1 Å². The zero-order chi connectivity index (χ0) is 10.7. The molecule has 0 fully saturated rings. The van der Waals surface area contributed by atoms with Crippen molar-refractivity contribution < 1.29 is 15.1 Å². The Morgan fingerprint density at radius 3 is 2.79 bits per heavy atom. The van der Waals surface area contributed by atoms with Gasteiger partial charge >= 0.3 is 5.95 Å². The quantitative estimate of drug-likeness (QED) is 0.550. The van der Waals surface area contributed by atoms with E-state index in [4.69, 9.17) is 10.2 Å². The van der Waals surface area contributed by atoms with Gasteiger partial charge in [0.05, 0.1) is 19.3 Å². The molecule has 1 heterocycles. The third kappa shape index (κ3) is 2.47. The van der Waals surface area contributed by atoms with Crippen molar-refractivity contribution in [3.63, 3.8) is 0 Å². The van der Waals surface area contributed by atoms with Crippen molar-refractivity contribution in [2.24, 2.45) is 0 Å². The first-order chi connectivity index (χ1) is 6.54. The second kappa shape index (κ2) is 4.44. The van der Waals surface area contributed by atoms with E-state index in [-0.39, 0.29) is 11.3 Å². The van der Waals surface area contributed by atoms with E-state index >= 15 is 0 Å². The zero-order valence-corrected chi connectivity index (χ0v) is 8.46. The van der Waals surface area contributed by atoms with E-state index in [1.807, 2.05) is 0 Å². The Kier molecular flexibility index (Phi) is 3.49. The van der Waals surface area contributed by atoms with Crippen LogP contribution in [0.1, 0.15) is 0 Å². The van der Waals surface area contributed by atoms with Gasteiger partial charge in [-0.05, 0) is 9.91 Å². The normalized spacial score (nSPS) is 12.8. The molecular weight excluding hydrogens is 260 g/mol. The largest absolute Gasteiger partial charge is 0.492 e. The lowest BCUT2D eigenvalue weighted by Crippen LogP contribution is -2.20. The second-order valence-corrected chi connectivity index (χ2v) is 3.17. The number of nitro groups is 1. The van der Waals surface area contributed by atoms with Crippen molar-refractivity contribution in [1.82, 2.24) is 14.8 Å². The van der Waals surface area contributed by atoms with E-state index in [1.165, 1.54) is 0 Å². The number of rotatable bonds is 4. The molecule has 0 aliphatic carbocycles. The molecule has 0 saturated heterocycles. The van der Waals surface area contributed by atoms with Gasteiger partial charge in [0.25, 0.3) is 4.73 Å². The third-order valence-corrected chi connectivity index (χ3v) is 1.96. The Bertz CT molecular complexity index is 340. The van der Waals surface area contributed by atoms with E-state index in [0.29, 0.717) is 0 Å². The van der Waals surface area contributed by atoms with E-state index in [0.717, 1.165) is 4.68 Å². The molecule has 0 radical (unpaired) electrons. The van der Waals surface area contributed by atoms with Crippen molar-refractivity contribution >= 4 is 21.9 Å². The first-order valence-corrected chi connectivity index (χ1v) is 4.37. The van der Waals surface area contributed by atoms with Gasteiger partial charge in [0.1, 0.15) is 0 Å². The molecule has 1 rings (SSSR count). The molecular formula is C5H7BrN4O4. The number of aromatic nitrogens is 3. The summed E-state index contributed by atoms with van der Waals surface area (Å²) in [7, 11) is 0. The number of aliphatic hydroxyl groups is 2. The predicted octanol–water partition coefficient (Wildman–Crippen LogP) is -0.698. The van der Waals surface area contributed by atoms with Crippen LogP contribution in [0.4, 0.5) is 5.95 Å². The van der Waals surface area contributed by atoms with Gasteiger partial charge < -0.3 is 20.3 Å². The number of aliphatic hydroxyl groups excluding tert-OH is 2. The number of halogens is 1. The summed E-state index contributed by atoms with van der Waals surface area (Å²) in [5.41, 5.74) is 0. The highest BCUT2D eigenvalue weighted by atomic mass is 79.9. The van der Waals surface area contributed by atoms with Gasteiger partial charge in [0.15, 0.2) is 0 Å². The van der Waals surface area contributed by atoms with E-state index < -0.39 is 23.6 Å². The van der Waals surface area contributed by atoms with Crippen molar-refractivity contribution in [2.45, 2.75) is 12.6 Å². The van der Waals surface area contributed by atoms with Crippen molar-refractivity contribution in [3.05, 3.63) is 14.8 Å². The maximum atomic E-state index is 10.3. The van der Waals surface area contributed by atoms with Crippen LogP contribution in [0.2, 0.25) is 0 Å². The van der Waals surface area contributed by atoms with Crippen LogP contribution in [0, 0.1) is 10.1 Å². The summed E-state index contributed by atoms with van der Waals surface area (Å²) in [6.07, 6.45) is -1.02. The molecule has 0 amide bonds. The number of hydrogen-bond donors (Lipinski definition) is 2. The van der Waals surface area contributed by atoms with Gasteiger partial charge in [-0.1, -0.05) is 0 Å². The monoisotopic (exact) mass is 266 g/mol. The Hall–Kier alpha value is -1.06. The Morgan fingerprint density at radius 1 is 1.71 bits per heavy atom. The van der Waals surface area contributed by atoms with Crippen LogP contribution in [-0.2, 0) is 6.54 Å². The molecule has 0 spiro atoms. The van der Waals surface area contributed by atoms with Crippen molar-refractivity contribution in [1.29, 1.82) is 0 Å². The summed E-state index contributed by atoms with van der Waals surface area (Å²) in [5.74, 6) is -0.554. The highest BCUT2D eigenvalue weighted by Crippen LogP contribution is 2.12. The highest BCUT2D eigenvalue weighted by Gasteiger charge is 2.20. The molecule has 9 heteroatoms. The minimum atomic E-state index is -1.02. The molecule has 1 aromatic heterocycles. The van der Waals surface area contributed by atoms with Gasteiger partial charge in [-0.15, -0.1) is 0 Å². The molecule has 1 unspecified atom stereocenters. The fourth-order valence-electron chi connectivity index (χ4n) is 0.763. The summed E-state index contributed by atoms with van der Waals surface area (Å²) in [6, 6.07) is 0. The van der Waals surface area contributed by atoms with Crippen LogP contribution in [0.5, 0.6) is 0 Å². The summed E-state index contributed by atoms with van der Waals surface area (Å²) in [5, 5.41) is 31.3. The average molecular weight is 267 g/mol. The van der Waals surface area contributed by atoms with Crippen molar-refractivity contribution in [3.8, 4) is 0 Å². The zero-order valence-electron chi connectivity index (χ0n) is 6.87. The standard InChI is InChI=1S/C5H7BrN4O4/c6-4-7-5(10(13)14)8-9(4)1-3(12)2-11/h3,11-12H,1-2H2.